The number of aromatic nitrogens is 1. The van der Waals surface area contributed by atoms with Gasteiger partial charge < -0.3 is 4.74 Å². The molecular weight excluding hydrogens is 244 g/mol. The van der Waals surface area contributed by atoms with Crippen molar-refractivity contribution >= 4 is 11.8 Å². The van der Waals surface area contributed by atoms with Crippen molar-refractivity contribution in [2.24, 2.45) is 0 Å². The Bertz CT molecular complexity index is 565. The Kier molecular flexibility index (Phi) is 3.85. The van der Waals surface area contributed by atoms with Crippen molar-refractivity contribution in [2.45, 2.75) is 4.90 Å². The highest BCUT2D eigenvalue weighted by atomic mass is 32.2. The predicted molar refractivity (Wildman–Crippen MR) is 72.7 cm³/mol. The third kappa shape index (κ3) is 2.63. The smallest absolute Gasteiger partial charge is 0.120 e. The first-order valence-corrected chi connectivity index (χ1v) is 6.59. The van der Waals surface area contributed by atoms with E-state index in [0.29, 0.717) is 5.56 Å². The highest BCUT2D eigenvalue weighted by Gasteiger charge is 2.04. The maximum atomic E-state index is 8.75. The van der Waals surface area contributed by atoms with Crippen molar-refractivity contribution in [1.82, 2.24) is 4.98 Å². The van der Waals surface area contributed by atoms with Gasteiger partial charge in [-0.05, 0) is 36.6 Å². The van der Waals surface area contributed by atoms with Crippen LogP contribution in [0.15, 0.2) is 41.4 Å². The van der Waals surface area contributed by atoms with Gasteiger partial charge >= 0.3 is 0 Å². The van der Waals surface area contributed by atoms with Gasteiger partial charge in [0.25, 0.3) is 0 Å². The Hall–Kier alpha value is -1.99. The van der Waals surface area contributed by atoms with Gasteiger partial charge in [-0.1, -0.05) is 0 Å². The summed E-state index contributed by atoms with van der Waals surface area (Å²) in [6.07, 6.45) is 3.60. The van der Waals surface area contributed by atoms with Crippen molar-refractivity contribution in [3.8, 4) is 23.1 Å². The maximum Gasteiger partial charge on any atom is 0.120 e. The van der Waals surface area contributed by atoms with Gasteiger partial charge in [0.2, 0.25) is 0 Å². The number of ether oxygens (including phenoxy) is 1. The van der Waals surface area contributed by atoms with E-state index in [4.69, 9.17) is 10.00 Å². The molecule has 0 saturated heterocycles. The number of nitrogens with zero attached hydrogens (tertiary/aromatic N) is 2. The van der Waals surface area contributed by atoms with Crippen molar-refractivity contribution in [3.63, 3.8) is 0 Å². The van der Waals surface area contributed by atoms with Crippen LogP contribution in [0.5, 0.6) is 5.75 Å². The van der Waals surface area contributed by atoms with Crippen LogP contribution in [0.2, 0.25) is 0 Å². The van der Waals surface area contributed by atoms with Crippen LogP contribution < -0.4 is 4.74 Å². The molecule has 0 bridgehead atoms. The van der Waals surface area contributed by atoms with E-state index in [0.717, 1.165) is 21.9 Å². The number of nitriles is 1. The molecule has 0 aliphatic carbocycles. The van der Waals surface area contributed by atoms with Crippen LogP contribution in [0.4, 0.5) is 0 Å². The SMILES string of the molecule is COc1cc(SC)cc(-c2ccc(C#N)cn2)c1. The lowest BCUT2D eigenvalue weighted by atomic mass is 10.1. The quantitative estimate of drug-likeness (QED) is 0.790. The fraction of sp³-hybridized carbons (Fsp3) is 0.143. The van der Waals surface area contributed by atoms with Crippen molar-refractivity contribution < 1.29 is 4.74 Å². The molecule has 0 saturated carbocycles. The third-order valence-corrected chi connectivity index (χ3v) is 3.25. The van der Waals surface area contributed by atoms with Crippen LogP contribution in [-0.4, -0.2) is 18.3 Å². The second kappa shape index (κ2) is 5.56. The molecular formula is C14H12N2OS. The van der Waals surface area contributed by atoms with Gasteiger partial charge in [-0.3, -0.25) is 4.98 Å². The first-order chi connectivity index (χ1) is 8.76. The number of hydrogen-bond acceptors (Lipinski definition) is 4. The summed E-state index contributed by atoms with van der Waals surface area (Å²) < 4.78 is 5.27. The molecule has 1 aromatic heterocycles. The summed E-state index contributed by atoms with van der Waals surface area (Å²) >= 11 is 1.65. The largest absolute Gasteiger partial charge is 0.497 e. The number of pyridine rings is 1. The Labute approximate surface area is 110 Å². The average molecular weight is 256 g/mol. The molecule has 0 unspecified atom stereocenters. The number of hydrogen-bond donors (Lipinski definition) is 0. The summed E-state index contributed by atoms with van der Waals surface area (Å²) in [5.74, 6) is 0.808. The molecule has 0 aliphatic heterocycles. The van der Waals surface area contributed by atoms with Gasteiger partial charge in [0.05, 0.1) is 18.4 Å². The van der Waals surface area contributed by atoms with Crippen molar-refractivity contribution in [2.75, 3.05) is 13.4 Å². The first-order valence-electron chi connectivity index (χ1n) is 5.36. The molecule has 18 heavy (non-hydrogen) atoms. The second-order valence-corrected chi connectivity index (χ2v) is 4.52. The minimum absolute atomic E-state index is 0.562. The van der Waals surface area contributed by atoms with E-state index in [9.17, 15) is 0 Å². The summed E-state index contributed by atoms with van der Waals surface area (Å²) in [6, 6.07) is 11.6. The number of rotatable bonds is 3. The van der Waals surface area contributed by atoms with Crippen molar-refractivity contribution in [3.05, 3.63) is 42.1 Å². The topological polar surface area (TPSA) is 45.9 Å². The molecule has 1 heterocycles. The van der Waals surface area contributed by atoms with Crippen LogP contribution in [0.1, 0.15) is 5.56 Å². The summed E-state index contributed by atoms with van der Waals surface area (Å²) in [5, 5.41) is 8.75. The first kappa shape index (κ1) is 12.5. The number of methoxy groups -OCH3 is 1. The summed E-state index contributed by atoms with van der Waals surface area (Å²) in [5.41, 5.74) is 2.39. The monoisotopic (exact) mass is 256 g/mol. The molecule has 0 radical (unpaired) electrons. The molecule has 0 aliphatic rings. The molecule has 0 fully saturated rings. The van der Waals surface area contributed by atoms with E-state index >= 15 is 0 Å². The standard InChI is InChI=1S/C14H12N2OS/c1-17-12-5-11(6-13(7-12)18-2)14-4-3-10(8-15)9-16-14/h3-7,9H,1-2H3. The van der Waals surface area contributed by atoms with Gasteiger partial charge in [-0.2, -0.15) is 5.26 Å². The molecule has 90 valence electrons. The Balaban J connectivity index is 2.45. The minimum atomic E-state index is 0.562. The van der Waals surface area contributed by atoms with E-state index in [1.807, 2.05) is 24.5 Å². The minimum Gasteiger partial charge on any atom is -0.497 e. The van der Waals surface area contributed by atoms with Crippen LogP contribution in [0.3, 0.4) is 0 Å². The van der Waals surface area contributed by atoms with E-state index < -0.39 is 0 Å². The van der Waals surface area contributed by atoms with E-state index in [1.54, 1.807) is 31.1 Å². The lowest BCUT2D eigenvalue weighted by Crippen LogP contribution is -1.88. The highest BCUT2D eigenvalue weighted by Crippen LogP contribution is 2.28. The predicted octanol–water partition coefficient (Wildman–Crippen LogP) is 3.35. The van der Waals surface area contributed by atoms with Gasteiger partial charge in [0.1, 0.15) is 11.8 Å². The van der Waals surface area contributed by atoms with Gasteiger partial charge in [-0.25, -0.2) is 0 Å². The molecule has 2 rings (SSSR count). The van der Waals surface area contributed by atoms with Gasteiger partial charge in [-0.15, -0.1) is 11.8 Å². The zero-order valence-corrected chi connectivity index (χ0v) is 11.0. The summed E-state index contributed by atoms with van der Waals surface area (Å²) in [4.78, 5) is 5.40. The molecule has 4 heteroatoms. The fourth-order valence-corrected chi connectivity index (χ4v) is 2.06. The lowest BCUT2D eigenvalue weighted by Gasteiger charge is -2.07. The molecule has 2 aromatic rings. The van der Waals surface area contributed by atoms with Gasteiger partial charge in [0.15, 0.2) is 0 Å². The Morgan fingerprint density at radius 3 is 2.67 bits per heavy atom. The molecule has 0 amide bonds. The number of thioether (sulfide) groups is 1. The zero-order chi connectivity index (χ0) is 13.0. The van der Waals surface area contributed by atoms with E-state index in [-0.39, 0.29) is 0 Å². The lowest BCUT2D eigenvalue weighted by molar-refractivity contribution is 0.414. The Morgan fingerprint density at radius 2 is 2.11 bits per heavy atom. The van der Waals surface area contributed by atoms with E-state index in [2.05, 4.69) is 17.1 Å². The number of benzene rings is 1. The van der Waals surface area contributed by atoms with Crippen LogP contribution in [0.25, 0.3) is 11.3 Å². The average Bonchev–Trinajstić information content (AvgIpc) is 2.46. The van der Waals surface area contributed by atoms with Crippen LogP contribution >= 0.6 is 11.8 Å². The molecule has 0 atom stereocenters. The molecule has 0 N–H and O–H groups in total. The zero-order valence-electron chi connectivity index (χ0n) is 10.2. The third-order valence-electron chi connectivity index (χ3n) is 2.54. The second-order valence-electron chi connectivity index (χ2n) is 3.65. The van der Waals surface area contributed by atoms with Crippen LogP contribution in [0, 0.1) is 11.3 Å². The summed E-state index contributed by atoms with van der Waals surface area (Å²) in [7, 11) is 1.65. The van der Waals surface area contributed by atoms with Crippen molar-refractivity contribution in [1.29, 1.82) is 5.26 Å². The highest BCUT2D eigenvalue weighted by molar-refractivity contribution is 7.98. The molecule has 0 spiro atoms. The fourth-order valence-electron chi connectivity index (χ4n) is 1.59. The molecule has 3 nitrogen and oxygen atoms in total. The van der Waals surface area contributed by atoms with Crippen LogP contribution in [-0.2, 0) is 0 Å². The molecule has 1 aromatic carbocycles. The Morgan fingerprint density at radius 1 is 1.28 bits per heavy atom. The van der Waals surface area contributed by atoms with E-state index in [1.165, 1.54) is 0 Å². The maximum absolute atomic E-state index is 8.75. The normalized spacial score (nSPS) is 9.83. The summed E-state index contributed by atoms with van der Waals surface area (Å²) in [6.45, 7) is 0. The van der Waals surface area contributed by atoms with Gasteiger partial charge in [0, 0.05) is 16.7 Å².